The van der Waals surface area contributed by atoms with Crippen LogP contribution in [0.2, 0.25) is 0 Å². The van der Waals surface area contributed by atoms with Gasteiger partial charge in [-0.05, 0) is 44.6 Å². The Morgan fingerprint density at radius 2 is 1.96 bits per heavy atom. The molecule has 1 aromatic heterocycles. The fourth-order valence-electron chi connectivity index (χ4n) is 3.27. The van der Waals surface area contributed by atoms with Gasteiger partial charge in [-0.15, -0.1) is 0 Å². The summed E-state index contributed by atoms with van der Waals surface area (Å²) in [5.41, 5.74) is 0. The Morgan fingerprint density at radius 3 is 2.58 bits per heavy atom. The predicted octanol–water partition coefficient (Wildman–Crippen LogP) is 2.81. The smallest absolute Gasteiger partial charge is 0.213 e. The van der Waals surface area contributed by atoms with Gasteiger partial charge in [0, 0.05) is 32.9 Å². The van der Waals surface area contributed by atoms with Crippen molar-refractivity contribution in [2.24, 2.45) is 5.92 Å². The summed E-state index contributed by atoms with van der Waals surface area (Å²) >= 11 is 0. The molecule has 2 aliphatic rings. The molecule has 0 bridgehead atoms. The van der Waals surface area contributed by atoms with Crippen LogP contribution in [0.5, 0.6) is 11.6 Å². The summed E-state index contributed by atoms with van der Waals surface area (Å²) in [6, 6.07) is 3.81. The van der Waals surface area contributed by atoms with Crippen molar-refractivity contribution in [1.29, 1.82) is 0 Å². The van der Waals surface area contributed by atoms with Gasteiger partial charge in [0.15, 0.2) is 0 Å². The zero-order valence-electron chi connectivity index (χ0n) is 16.1. The van der Waals surface area contributed by atoms with E-state index >= 15 is 0 Å². The fourth-order valence-corrected chi connectivity index (χ4v) is 3.27. The lowest BCUT2D eigenvalue weighted by Crippen LogP contribution is -2.50. The molecule has 26 heavy (non-hydrogen) atoms. The third-order valence-electron chi connectivity index (χ3n) is 5.16. The number of hydrogen-bond donors (Lipinski definition) is 1. The highest BCUT2D eigenvalue weighted by Gasteiger charge is 2.29. The van der Waals surface area contributed by atoms with Crippen molar-refractivity contribution in [2.45, 2.75) is 63.9 Å². The fraction of sp³-hybridized carbons (Fsp3) is 0.750. The van der Waals surface area contributed by atoms with Crippen LogP contribution in [0.4, 0.5) is 0 Å². The Morgan fingerprint density at radius 1 is 1.15 bits per heavy atom. The molecular weight excluding hydrogens is 332 g/mol. The zero-order valence-corrected chi connectivity index (χ0v) is 16.1. The minimum Gasteiger partial charge on any atom is -0.489 e. The van der Waals surface area contributed by atoms with E-state index in [-0.39, 0.29) is 12.2 Å². The topological polar surface area (TPSA) is 61.8 Å². The van der Waals surface area contributed by atoms with Gasteiger partial charge >= 0.3 is 0 Å². The van der Waals surface area contributed by atoms with Gasteiger partial charge in [0.1, 0.15) is 11.9 Å². The van der Waals surface area contributed by atoms with E-state index in [2.05, 4.69) is 24.1 Å². The summed E-state index contributed by atoms with van der Waals surface area (Å²) in [7, 11) is 1.77. The number of nitrogens with one attached hydrogen (secondary N) is 1. The van der Waals surface area contributed by atoms with E-state index in [9.17, 15) is 0 Å². The van der Waals surface area contributed by atoms with Crippen LogP contribution in [0, 0.1) is 5.92 Å². The summed E-state index contributed by atoms with van der Waals surface area (Å²) < 4.78 is 22.9. The van der Waals surface area contributed by atoms with Crippen molar-refractivity contribution < 1.29 is 18.9 Å². The van der Waals surface area contributed by atoms with Crippen LogP contribution < -0.4 is 14.8 Å². The molecule has 2 fully saturated rings. The first-order chi connectivity index (χ1) is 12.6. The maximum absolute atomic E-state index is 5.99. The molecule has 3 rings (SSSR count). The molecule has 2 unspecified atom stereocenters. The lowest BCUT2D eigenvalue weighted by atomic mass is 9.92. The molecule has 1 aromatic rings. The van der Waals surface area contributed by atoms with E-state index < -0.39 is 0 Å². The molecule has 0 amide bonds. The SMILES string of the molecule is COC1CC(OCCC(C)CC(C)Oc2ccc(OC3CNC3)nc2)C1. The number of pyridine rings is 1. The molecule has 1 aliphatic carbocycles. The highest BCUT2D eigenvalue weighted by Crippen LogP contribution is 2.26. The van der Waals surface area contributed by atoms with Crippen LogP contribution in [0.1, 0.15) is 39.5 Å². The lowest BCUT2D eigenvalue weighted by Gasteiger charge is -2.34. The molecule has 2 atom stereocenters. The summed E-state index contributed by atoms with van der Waals surface area (Å²) in [4.78, 5) is 4.33. The Kier molecular flexibility index (Phi) is 7.11. The van der Waals surface area contributed by atoms with E-state index in [0.29, 0.717) is 24.0 Å². The van der Waals surface area contributed by atoms with E-state index in [4.69, 9.17) is 18.9 Å². The first kappa shape index (κ1) is 19.4. The largest absolute Gasteiger partial charge is 0.489 e. The van der Waals surface area contributed by atoms with E-state index in [1.807, 2.05) is 12.1 Å². The second-order valence-corrected chi connectivity index (χ2v) is 7.61. The highest BCUT2D eigenvalue weighted by molar-refractivity contribution is 5.23. The minimum atomic E-state index is 0.149. The quantitative estimate of drug-likeness (QED) is 0.651. The van der Waals surface area contributed by atoms with Crippen LogP contribution >= 0.6 is 0 Å². The van der Waals surface area contributed by atoms with Crippen molar-refractivity contribution in [3.8, 4) is 11.6 Å². The highest BCUT2D eigenvalue weighted by atomic mass is 16.5. The molecular formula is C20H32N2O4. The van der Waals surface area contributed by atoms with Crippen LogP contribution in [0.25, 0.3) is 0 Å². The molecule has 0 aromatic carbocycles. The minimum absolute atomic E-state index is 0.149. The average molecular weight is 364 g/mol. The van der Waals surface area contributed by atoms with Gasteiger partial charge in [-0.25, -0.2) is 4.98 Å². The van der Waals surface area contributed by atoms with Gasteiger partial charge in [-0.1, -0.05) is 6.92 Å². The number of hydrogen-bond acceptors (Lipinski definition) is 6. The maximum atomic E-state index is 5.99. The molecule has 1 N–H and O–H groups in total. The van der Waals surface area contributed by atoms with Crippen molar-refractivity contribution in [3.63, 3.8) is 0 Å². The lowest BCUT2D eigenvalue weighted by molar-refractivity contribution is -0.0890. The summed E-state index contributed by atoms with van der Waals surface area (Å²) in [5, 5.41) is 3.18. The molecule has 6 heteroatoms. The standard InChI is InChI=1S/C20H32N2O4/c1-14(6-7-24-18-9-17(10-18)23-3)8-15(2)25-16-4-5-20(22-13-16)26-19-11-21-12-19/h4-5,13-15,17-19,21H,6-12H2,1-3H3. The first-order valence-corrected chi connectivity index (χ1v) is 9.77. The van der Waals surface area contributed by atoms with Gasteiger partial charge in [0.2, 0.25) is 5.88 Å². The number of methoxy groups -OCH3 is 1. The van der Waals surface area contributed by atoms with Crippen LogP contribution in [-0.2, 0) is 9.47 Å². The molecule has 1 aliphatic heterocycles. The summed E-state index contributed by atoms with van der Waals surface area (Å²) in [6.45, 7) is 6.97. The second kappa shape index (κ2) is 9.53. The Bertz CT molecular complexity index is 529. The van der Waals surface area contributed by atoms with Gasteiger partial charge in [0.05, 0.1) is 24.5 Å². The van der Waals surface area contributed by atoms with Crippen molar-refractivity contribution >= 4 is 0 Å². The Balaban J connectivity index is 1.29. The van der Waals surface area contributed by atoms with Crippen molar-refractivity contribution in [2.75, 3.05) is 26.8 Å². The average Bonchev–Trinajstić information content (AvgIpc) is 2.54. The molecule has 0 spiro atoms. The molecule has 1 saturated heterocycles. The van der Waals surface area contributed by atoms with E-state index in [1.54, 1.807) is 13.3 Å². The first-order valence-electron chi connectivity index (χ1n) is 9.77. The Hall–Kier alpha value is -1.37. The third kappa shape index (κ3) is 5.83. The van der Waals surface area contributed by atoms with Gasteiger partial charge in [0.25, 0.3) is 0 Å². The van der Waals surface area contributed by atoms with Crippen LogP contribution in [0.3, 0.4) is 0 Å². The van der Waals surface area contributed by atoms with Crippen molar-refractivity contribution in [3.05, 3.63) is 18.3 Å². The summed E-state index contributed by atoms with van der Waals surface area (Å²) in [5.74, 6) is 2.01. The van der Waals surface area contributed by atoms with Gasteiger partial charge < -0.3 is 24.3 Å². The molecule has 146 valence electrons. The van der Waals surface area contributed by atoms with Crippen LogP contribution in [0.15, 0.2) is 18.3 Å². The van der Waals surface area contributed by atoms with Crippen molar-refractivity contribution in [1.82, 2.24) is 10.3 Å². The maximum Gasteiger partial charge on any atom is 0.213 e. The number of aromatic nitrogens is 1. The second-order valence-electron chi connectivity index (χ2n) is 7.61. The number of nitrogens with zero attached hydrogens (tertiary/aromatic N) is 1. The normalized spacial score (nSPS) is 25.0. The zero-order chi connectivity index (χ0) is 18.4. The summed E-state index contributed by atoms with van der Waals surface area (Å²) in [6.07, 6.45) is 7.07. The third-order valence-corrected chi connectivity index (χ3v) is 5.16. The molecule has 2 heterocycles. The van der Waals surface area contributed by atoms with E-state index in [1.165, 1.54) is 0 Å². The Labute approximate surface area is 156 Å². The van der Waals surface area contributed by atoms with E-state index in [0.717, 1.165) is 51.1 Å². The number of ether oxygens (including phenoxy) is 4. The number of rotatable bonds is 11. The van der Waals surface area contributed by atoms with Gasteiger partial charge in [-0.3, -0.25) is 0 Å². The molecule has 6 nitrogen and oxygen atoms in total. The predicted molar refractivity (Wildman–Crippen MR) is 99.8 cm³/mol. The molecule has 0 radical (unpaired) electrons. The van der Waals surface area contributed by atoms with Crippen LogP contribution in [-0.4, -0.2) is 56.2 Å². The monoisotopic (exact) mass is 364 g/mol. The molecule has 1 saturated carbocycles. The van der Waals surface area contributed by atoms with Gasteiger partial charge in [-0.2, -0.15) is 0 Å².